The summed E-state index contributed by atoms with van der Waals surface area (Å²) in [5, 5.41) is 1.92. The third-order valence-electron chi connectivity index (χ3n) is 3.07. The predicted octanol–water partition coefficient (Wildman–Crippen LogP) is 2.99. The fourth-order valence-corrected chi connectivity index (χ4v) is 3.52. The second kappa shape index (κ2) is 7.07. The maximum atomic E-state index is 12.9. The van der Waals surface area contributed by atoms with Crippen molar-refractivity contribution in [2.45, 2.75) is 4.90 Å². The maximum absolute atomic E-state index is 12.9. The molecule has 1 atom stereocenters. The Morgan fingerprint density at radius 1 is 1.38 bits per heavy atom. The molecule has 2 rings (SSSR count). The number of benzene rings is 2. The van der Waals surface area contributed by atoms with E-state index in [4.69, 9.17) is 11.2 Å². The van der Waals surface area contributed by atoms with Gasteiger partial charge in [-0.25, -0.2) is 8.51 Å². The molecule has 0 bridgehead atoms. The summed E-state index contributed by atoms with van der Waals surface area (Å²) in [4.78, 5) is 0.646. The van der Waals surface area contributed by atoms with E-state index in [-0.39, 0.29) is 6.54 Å². The summed E-state index contributed by atoms with van der Waals surface area (Å²) in [6.07, 6.45) is 7.05. The SMILES string of the molecule is C#CCN(CC=C)S(=O)c1c(OC)ccc2ccccc12. The Morgan fingerprint density at radius 2 is 2.14 bits per heavy atom. The first-order valence-corrected chi connectivity index (χ1v) is 7.60. The molecular formula is C17H17NO2S. The normalized spacial score (nSPS) is 12.0. The van der Waals surface area contributed by atoms with Gasteiger partial charge in [0.25, 0.3) is 0 Å². The second-order valence-electron chi connectivity index (χ2n) is 4.38. The number of nitrogens with zero attached hydrogens (tertiary/aromatic N) is 1. The highest BCUT2D eigenvalue weighted by Gasteiger charge is 2.20. The molecule has 0 N–H and O–H groups in total. The highest BCUT2D eigenvalue weighted by molar-refractivity contribution is 7.83. The minimum atomic E-state index is -1.41. The molecule has 0 spiro atoms. The predicted molar refractivity (Wildman–Crippen MR) is 87.5 cm³/mol. The van der Waals surface area contributed by atoms with Gasteiger partial charge in [0.15, 0.2) is 0 Å². The molecule has 1 unspecified atom stereocenters. The van der Waals surface area contributed by atoms with Crippen molar-refractivity contribution in [3.05, 3.63) is 49.1 Å². The minimum Gasteiger partial charge on any atom is -0.495 e. The largest absolute Gasteiger partial charge is 0.495 e. The van der Waals surface area contributed by atoms with Crippen molar-refractivity contribution < 1.29 is 8.95 Å². The summed E-state index contributed by atoms with van der Waals surface area (Å²) in [6, 6.07) is 11.6. The number of fused-ring (bicyclic) bond motifs is 1. The Balaban J connectivity index is 2.60. The number of rotatable bonds is 6. The zero-order valence-corrected chi connectivity index (χ0v) is 12.7. The fraction of sp³-hybridized carbons (Fsp3) is 0.176. The van der Waals surface area contributed by atoms with E-state index in [1.165, 1.54) is 0 Å². The molecule has 4 heteroatoms. The molecule has 0 aliphatic rings. The lowest BCUT2D eigenvalue weighted by molar-refractivity contribution is 0.403. The van der Waals surface area contributed by atoms with Gasteiger partial charge in [-0.3, -0.25) is 0 Å². The van der Waals surface area contributed by atoms with Crippen LogP contribution in [0.15, 0.2) is 53.9 Å². The molecule has 0 saturated carbocycles. The number of hydrogen-bond acceptors (Lipinski definition) is 2. The lowest BCUT2D eigenvalue weighted by atomic mass is 10.1. The zero-order valence-electron chi connectivity index (χ0n) is 11.9. The summed E-state index contributed by atoms with van der Waals surface area (Å²) in [6.45, 7) is 4.42. The summed E-state index contributed by atoms with van der Waals surface area (Å²) in [5.41, 5.74) is 0. The molecule has 2 aromatic rings. The molecule has 0 aromatic heterocycles. The zero-order chi connectivity index (χ0) is 15.2. The third kappa shape index (κ3) is 3.15. The summed E-state index contributed by atoms with van der Waals surface area (Å²) < 4.78 is 20.0. The van der Waals surface area contributed by atoms with Crippen molar-refractivity contribution in [3.63, 3.8) is 0 Å². The van der Waals surface area contributed by atoms with E-state index in [1.807, 2.05) is 36.4 Å². The summed E-state index contributed by atoms with van der Waals surface area (Å²) >= 11 is 0. The van der Waals surface area contributed by atoms with Crippen molar-refractivity contribution in [2.75, 3.05) is 20.2 Å². The van der Waals surface area contributed by atoms with Crippen molar-refractivity contribution in [3.8, 4) is 18.1 Å². The van der Waals surface area contributed by atoms with Crippen LogP contribution in [0.2, 0.25) is 0 Å². The molecule has 3 nitrogen and oxygen atoms in total. The highest BCUT2D eigenvalue weighted by atomic mass is 32.2. The molecule has 108 valence electrons. The molecule has 2 aromatic carbocycles. The highest BCUT2D eigenvalue weighted by Crippen LogP contribution is 2.32. The minimum absolute atomic E-state index is 0.283. The molecule has 0 amide bonds. The van der Waals surface area contributed by atoms with Crippen LogP contribution in [0.1, 0.15) is 0 Å². The van der Waals surface area contributed by atoms with Crippen LogP contribution < -0.4 is 4.74 Å². The van der Waals surface area contributed by atoms with Gasteiger partial charge < -0.3 is 4.74 Å². The molecule has 21 heavy (non-hydrogen) atoms. The van der Waals surface area contributed by atoms with Gasteiger partial charge in [-0.15, -0.1) is 13.0 Å². The van der Waals surface area contributed by atoms with Crippen LogP contribution in [0.4, 0.5) is 0 Å². The van der Waals surface area contributed by atoms with Gasteiger partial charge in [0.2, 0.25) is 0 Å². The smallest absolute Gasteiger partial charge is 0.137 e. The molecule has 0 heterocycles. The van der Waals surface area contributed by atoms with E-state index in [2.05, 4.69) is 12.5 Å². The van der Waals surface area contributed by atoms with Crippen LogP contribution >= 0.6 is 0 Å². The van der Waals surface area contributed by atoms with Gasteiger partial charge in [-0.05, 0) is 11.5 Å². The molecule has 0 radical (unpaired) electrons. The van der Waals surface area contributed by atoms with Crippen molar-refractivity contribution in [2.24, 2.45) is 0 Å². The first kappa shape index (κ1) is 15.3. The van der Waals surface area contributed by atoms with Crippen LogP contribution in [0.5, 0.6) is 5.75 Å². The Kier molecular flexibility index (Phi) is 5.15. The van der Waals surface area contributed by atoms with E-state index in [0.717, 1.165) is 10.8 Å². The van der Waals surface area contributed by atoms with Gasteiger partial charge in [0, 0.05) is 11.9 Å². The van der Waals surface area contributed by atoms with E-state index in [0.29, 0.717) is 17.2 Å². The van der Waals surface area contributed by atoms with Gasteiger partial charge in [-0.1, -0.05) is 42.3 Å². The van der Waals surface area contributed by atoms with Gasteiger partial charge in [0.05, 0.1) is 13.7 Å². The first-order chi connectivity index (χ1) is 10.2. The molecule has 0 aliphatic carbocycles. The second-order valence-corrected chi connectivity index (χ2v) is 5.81. The average molecular weight is 299 g/mol. The Labute approximate surface area is 127 Å². The standard InChI is InChI=1S/C17H17NO2S/c1-4-12-18(13-5-2)21(19)17-15-9-7-6-8-14(15)10-11-16(17)20-3/h1,5-11H,2,12-13H2,3H3. The quantitative estimate of drug-likeness (QED) is 0.606. The Hall–Kier alpha value is -2.09. The van der Waals surface area contributed by atoms with Crippen molar-refractivity contribution >= 4 is 21.8 Å². The first-order valence-electron chi connectivity index (χ1n) is 6.49. The average Bonchev–Trinajstić information content (AvgIpc) is 2.52. The van der Waals surface area contributed by atoms with Crippen LogP contribution in [0, 0.1) is 12.3 Å². The number of methoxy groups -OCH3 is 1. The monoisotopic (exact) mass is 299 g/mol. The van der Waals surface area contributed by atoms with E-state index >= 15 is 0 Å². The van der Waals surface area contributed by atoms with Crippen LogP contribution in [-0.2, 0) is 11.0 Å². The Morgan fingerprint density at radius 3 is 2.81 bits per heavy atom. The van der Waals surface area contributed by atoms with Gasteiger partial charge in [0.1, 0.15) is 21.6 Å². The van der Waals surface area contributed by atoms with E-state index in [1.54, 1.807) is 17.5 Å². The number of terminal acetylenes is 1. The summed E-state index contributed by atoms with van der Waals surface area (Å²) in [5.74, 6) is 3.13. The number of hydrogen-bond donors (Lipinski definition) is 0. The van der Waals surface area contributed by atoms with Crippen LogP contribution in [0.25, 0.3) is 10.8 Å². The molecule has 0 aliphatic heterocycles. The Bertz CT molecular complexity index is 718. The fourth-order valence-electron chi connectivity index (χ4n) is 2.13. The molecule has 0 saturated heterocycles. The van der Waals surface area contributed by atoms with Crippen LogP contribution in [0.3, 0.4) is 0 Å². The summed E-state index contributed by atoms with van der Waals surface area (Å²) in [7, 11) is 0.161. The topological polar surface area (TPSA) is 29.5 Å². The maximum Gasteiger partial charge on any atom is 0.137 e. The third-order valence-corrected chi connectivity index (χ3v) is 4.59. The lowest BCUT2D eigenvalue weighted by Gasteiger charge is -2.19. The molecular weight excluding hydrogens is 282 g/mol. The number of ether oxygens (including phenoxy) is 1. The van der Waals surface area contributed by atoms with Gasteiger partial charge >= 0.3 is 0 Å². The van der Waals surface area contributed by atoms with E-state index in [9.17, 15) is 4.21 Å². The van der Waals surface area contributed by atoms with Crippen molar-refractivity contribution in [1.82, 2.24) is 4.31 Å². The molecule has 0 fully saturated rings. The lowest BCUT2D eigenvalue weighted by Crippen LogP contribution is -2.27. The van der Waals surface area contributed by atoms with Crippen molar-refractivity contribution in [1.29, 1.82) is 0 Å². The van der Waals surface area contributed by atoms with Crippen LogP contribution in [-0.4, -0.2) is 28.7 Å². The van der Waals surface area contributed by atoms with E-state index < -0.39 is 11.0 Å². The van der Waals surface area contributed by atoms with Gasteiger partial charge in [-0.2, -0.15) is 0 Å².